The molecule has 0 atom stereocenters. The summed E-state index contributed by atoms with van der Waals surface area (Å²) in [6.07, 6.45) is 0. The van der Waals surface area contributed by atoms with Gasteiger partial charge in [-0.05, 0) is 48.5 Å². The van der Waals surface area contributed by atoms with Crippen molar-refractivity contribution >= 4 is 91.4 Å². The fraction of sp³-hybridized carbons (Fsp3) is 0. The molecule has 0 amide bonds. The first-order chi connectivity index (χ1) is 18.3. The van der Waals surface area contributed by atoms with Gasteiger partial charge in [0.15, 0.2) is 0 Å². The number of rotatable bonds is 6. The van der Waals surface area contributed by atoms with Crippen molar-refractivity contribution in [3.8, 4) is 16.9 Å². The molecule has 4 rings (SSSR count). The molecule has 13 heteroatoms. The zero-order chi connectivity index (χ0) is 28.6. The van der Waals surface area contributed by atoms with E-state index in [-0.39, 0.29) is 57.5 Å². The zero-order valence-corrected chi connectivity index (χ0v) is 24.3. The fourth-order valence-electron chi connectivity index (χ4n) is 3.63. The van der Waals surface area contributed by atoms with Gasteiger partial charge in [0, 0.05) is 26.7 Å². The highest BCUT2D eigenvalue weighted by atomic mass is 35.5. The van der Waals surface area contributed by atoms with Crippen molar-refractivity contribution in [1.29, 1.82) is 0 Å². The minimum Gasteiger partial charge on any atom is -0.545 e. The molecule has 0 unspecified atom stereocenters. The number of aromatic carboxylic acids is 1. The van der Waals surface area contributed by atoms with Crippen molar-refractivity contribution < 1.29 is 27.9 Å². The number of sulfone groups is 1. The number of benzene rings is 4. The Morgan fingerprint density at radius 1 is 0.667 bits per heavy atom. The molecule has 0 aliphatic carbocycles. The van der Waals surface area contributed by atoms with E-state index in [1.54, 1.807) is 0 Å². The van der Waals surface area contributed by atoms with Crippen molar-refractivity contribution in [3.63, 3.8) is 0 Å². The van der Waals surface area contributed by atoms with Gasteiger partial charge in [-0.3, -0.25) is 0 Å². The molecule has 0 saturated heterocycles. The summed E-state index contributed by atoms with van der Waals surface area (Å²) in [6, 6.07) is 14.4. The van der Waals surface area contributed by atoms with E-state index < -0.39 is 32.2 Å². The van der Waals surface area contributed by atoms with Crippen LogP contribution in [-0.4, -0.2) is 20.4 Å². The Bertz CT molecular complexity index is 1750. The van der Waals surface area contributed by atoms with Crippen molar-refractivity contribution in [2.75, 3.05) is 0 Å². The van der Waals surface area contributed by atoms with Gasteiger partial charge in [0.2, 0.25) is 9.84 Å². The minimum absolute atomic E-state index is 0.0101. The number of carbonyl (C=O) groups excluding carboxylic acids is 2. The summed E-state index contributed by atoms with van der Waals surface area (Å²) in [5.41, 5.74) is -0.706. The maximum atomic E-state index is 14.0. The van der Waals surface area contributed by atoms with E-state index in [2.05, 4.69) is 0 Å². The van der Waals surface area contributed by atoms with Gasteiger partial charge in [-0.2, -0.15) is 0 Å². The summed E-state index contributed by atoms with van der Waals surface area (Å²) in [4.78, 5) is 23.7. The highest BCUT2D eigenvalue weighted by Gasteiger charge is 2.30. The lowest BCUT2D eigenvalue weighted by Gasteiger charge is -2.17. The van der Waals surface area contributed by atoms with Crippen molar-refractivity contribution in [2.24, 2.45) is 0 Å². The van der Waals surface area contributed by atoms with Crippen LogP contribution in [0.4, 0.5) is 0 Å². The quantitative estimate of drug-likeness (QED) is 0.155. The van der Waals surface area contributed by atoms with Crippen molar-refractivity contribution in [1.82, 2.24) is 0 Å². The van der Waals surface area contributed by atoms with Crippen LogP contribution in [0.25, 0.3) is 11.1 Å². The molecule has 39 heavy (non-hydrogen) atoms. The van der Waals surface area contributed by atoms with Crippen LogP contribution in [0.2, 0.25) is 30.1 Å². The number of ether oxygens (including phenoxy) is 1. The molecule has 4 aromatic carbocycles. The van der Waals surface area contributed by atoms with Gasteiger partial charge >= 0.3 is 5.97 Å². The molecule has 0 spiro atoms. The third-order valence-corrected chi connectivity index (χ3v) is 9.01. The maximum Gasteiger partial charge on any atom is 0.346 e. The van der Waals surface area contributed by atoms with Gasteiger partial charge in [0.25, 0.3) is 0 Å². The summed E-state index contributed by atoms with van der Waals surface area (Å²) >= 11 is 36.8. The fourth-order valence-corrected chi connectivity index (χ4v) is 6.92. The second kappa shape index (κ2) is 11.6. The van der Waals surface area contributed by atoms with Gasteiger partial charge in [-0.15, -0.1) is 0 Å². The van der Waals surface area contributed by atoms with E-state index in [0.717, 1.165) is 12.1 Å². The van der Waals surface area contributed by atoms with Crippen LogP contribution in [0.1, 0.15) is 20.7 Å². The first-order valence-electron chi connectivity index (χ1n) is 10.5. The van der Waals surface area contributed by atoms with Crippen molar-refractivity contribution in [2.45, 2.75) is 9.79 Å². The number of carbonyl (C=O) groups is 2. The Hall–Kier alpha value is -2.49. The summed E-state index contributed by atoms with van der Waals surface area (Å²) in [5, 5.41) is 11.1. The molecule has 200 valence electrons. The second-order valence-corrected chi connectivity index (χ2v) is 12.2. The molecule has 0 aromatic heterocycles. The smallest absolute Gasteiger partial charge is 0.346 e. The molecule has 0 fully saturated rings. The van der Waals surface area contributed by atoms with Gasteiger partial charge in [-0.25, -0.2) is 13.2 Å². The van der Waals surface area contributed by atoms with E-state index in [1.165, 1.54) is 54.6 Å². The Kier molecular flexibility index (Phi) is 8.73. The monoisotopic (exact) mass is 661 g/mol. The average Bonchev–Trinajstić information content (AvgIpc) is 2.85. The van der Waals surface area contributed by atoms with Crippen molar-refractivity contribution in [3.05, 3.63) is 108 Å². The second-order valence-electron chi connectivity index (χ2n) is 7.79. The lowest BCUT2D eigenvalue weighted by molar-refractivity contribution is -0.255. The third kappa shape index (κ3) is 5.86. The SMILES string of the molecule is O=C(Oc1ccc(Cl)cc1S(=O)(=O)c1cc(Cl)ccc1-c1ccc(Cl)c(C(=O)[O-])c1Cl)c1c(Cl)cccc1Cl. The van der Waals surface area contributed by atoms with Gasteiger partial charge in [0.1, 0.15) is 10.6 Å². The zero-order valence-electron chi connectivity index (χ0n) is 19.0. The number of hydrogen-bond acceptors (Lipinski definition) is 6. The number of esters is 1. The number of halogens is 6. The number of carboxylic acids is 1. The molecule has 0 radical (unpaired) electrons. The summed E-state index contributed by atoms with van der Waals surface area (Å²) in [6.45, 7) is 0. The third-order valence-electron chi connectivity index (χ3n) is 5.38. The Balaban J connectivity index is 1.91. The molecule has 0 aliphatic rings. The normalized spacial score (nSPS) is 11.3. The standard InChI is InChI=1S/C26H12Cl6O6S/c27-12-4-6-14(15-7-8-18(31)23(24(15)32)25(33)34)20(10-12)39(36,37)21-11-13(28)5-9-19(21)38-26(35)22-16(29)2-1-3-17(22)30/h1-11H,(H,33,34)/p-1. The topological polar surface area (TPSA) is 101 Å². The molecular formula is C26H11Cl6O6S-. The first-order valence-corrected chi connectivity index (χ1v) is 14.3. The van der Waals surface area contributed by atoms with Crippen LogP contribution in [0.5, 0.6) is 5.75 Å². The van der Waals surface area contributed by atoms with Crippen LogP contribution >= 0.6 is 69.6 Å². The maximum absolute atomic E-state index is 14.0. The molecule has 0 saturated carbocycles. The summed E-state index contributed by atoms with van der Waals surface area (Å²) in [7, 11) is -4.57. The molecule has 0 bridgehead atoms. The van der Waals surface area contributed by atoms with Crippen LogP contribution in [-0.2, 0) is 9.84 Å². The van der Waals surface area contributed by atoms with E-state index in [9.17, 15) is 23.1 Å². The largest absolute Gasteiger partial charge is 0.545 e. The Labute approximate surface area is 252 Å². The Morgan fingerprint density at radius 2 is 1.21 bits per heavy atom. The molecular weight excluding hydrogens is 653 g/mol. The number of carboxylic acid groups (broad SMARTS) is 1. The van der Waals surface area contributed by atoms with E-state index in [4.69, 9.17) is 74.3 Å². The van der Waals surface area contributed by atoms with Gasteiger partial charge < -0.3 is 14.6 Å². The Morgan fingerprint density at radius 3 is 1.82 bits per heavy atom. The highest BCUT2D eigenvalue weighted by Crippen LogP contribution is 2.42. The minimum atomic E-state index is -4.57. The molecule has 0 aliphatic heterocycles. The van der Waals surface area contributed by atoms with E-state index in [1.807, 2.05) is 0 Å². The lowest BCUT2D eigenvalue weighted by Crippen LogP contribution is -2.23. The molecule has 0 N–H and O–H groups in total. The van der Waals surface area contributed by atoms with Crippen LogP contribution in [0.15, 0.2) is 76.5 Å². The number of hydrogen-bond donors (Lipinski definition) is 0. The van der Waals surface area contributed by atoms with Crippen LogP contribution < -0.4 is 9.84 Å². The lowest BCUT2D eigenvalue weighted by atomic mass is 10.0. The van der Waals surface area contributed by atoms with Gasteiger partial charge in [0.05, 0.1) is 36.5 Å². The van der Waals surface area contributed by atoms with Gasteiger partial charge in [-0.1, -0.05) is 87.8 Å². The molecule has 0 heterocycles. The summed E-state index contributed by atoms with van der Waals surface area (Å²) < 4.78 is 33.5. The molecule has 4 aromatic rings. The summed E-state index contributed by atoms with van der Waals surface area (Å²) in [5.74, 6) is -3.06. The highest BCUT2D eigenvalue weighted by molar-refractivity contribution is 7.91. The predicted molar refractivity (Wildman–Crippen MR) is 150 cm³/mol. The average molecular weight is 664 g/mol. The predicted octanol–water partition coefficient (Wildman–Crippen LogP) is 7.69. The van der Waals surface area contributed by atoms with E-state index >= 15 is 0 Å². The van der Waals surface area contributed by atoms with Crippen LogP contribution in [0, 0.1) is 0 Å². The first kappa shape index (κ1) is 29.5. The van der Waals surface area contributed by atoms with E-state index in [0.29, 0.717) is 0 Å². The molecule has 6 nitrogen and oxygen atoms in total. The van der Waals surface area contributed by atoms with Crippen LogP contribution in [0.3, 0.4) is 0 Å².